The Kier molecular flexibility index (Phi) is 5.78. The number of hydrogen-bond acceptors (Lipinski definition) is 5. The van der Waals surface area contributed by atoms with E-state index >= 15 is 0 Å². The van der Waals surface area contributed by atoms with Crippen LogP contribution in [0.4, 0.5) is 5.69 Å². The van der Waals surface area contributed by atoms with Gasteiger partial charge in [0.1, 0.15) is 0 Å². The molecule has 26 heavy (non-hydrogen) atoms. The van der Waals surface area contributed by atoms with Gasteiger partial charge < -0.3 is 0 Å². The van der Waals surface area contributed by atoms with Gasteiger partial charge in [0.2, 0.25) is 0 Å². The maximum atomic E-state index is 13.1. The molecule has 1 aliphatic heterocycles. The summed E-state index contributed by atoms with van der Waals surface area (Å²) in [6.07, 6.45) is 2.44. The molecule has 5 nitrogen and oxygen atoms in total. The molecule has 1 heterocycles. The van der Waals surface area contributed by atoms with E-state index < -0.39 is 21.2 Å². The number of sulfonamides is 1. The fourth-order valence-corrected chi connectivity index (χ4v) is 5.53. The van der Waals surface area contributed by atoms with Crippen LogP contribution in [0.2, 0.25) is 0 Å². The second kappa shape index (κ2) is 8.05. The Bertz CT molecular complexity index is 897. The number of amides is 1. The Morgan fingerprint density at radius 2 is 1.65 bits per heavy atom. The van der Waals surface area contributed by atoms with Crippen molar-refractivity contribution in [1.29, 1.82) is 0 Å². The van der Waals surface area contributed by atoms with Crippen LogP contribution < -0.4 is 0 Å². The quantitative estimate of drug-likeness (QED) is 0.744. The Labute approximate surface area is 158 Å². The van der Waals surface area contributed by atoms with Gasteiger partial charge in [-0.2, -0.15) is 4.31 Å². The number of carbonyl (C=O) groups excluding carboxylic acids is 1. The standard InChI is InChI=1S/C19H20N2O3S2/c1-2-3-14-17-18(22)21(26(23,24)16-12-8-5-9-13-16)19(25-17)20-15-10-6-4-7-11-15/h4-13,17H,2-3,14H2,1H3/t17-/m0/s1. The first-order chi connectivity index (χ1) is 12.5. The van der Waals surface area contributed by atoms with Crippen LogP contribution >= 0.6 is 11.8 Å². The van der Waals surface area contributed by atoms with Crippen LogP contribution in [0.15, 0.2) is 70.6 Å². The summed E-state index contributed by atoms with van der Waals surface area (Å²) < 4.78 is 27.0. The lowest BCUT2D eigenvalue weighted by Crippen LogP contribution is -2.37. The molecule has 0 aliphatic carbocycles. The largest absolute Gasteiger partial charge is 0.272 e. The zero-order chi connectivity index (χ0) is 18.6. The van der Waals surface area contributed by atoms with E-state index in [1.807, 2.05) is 25.1 Å². The van der Waals surface area contributed by atoms with E-state index in [1.165, 1.54) is 23.9 Å². The first-order valence-corrected chi connectivity index (χ1v) is 10.8. The SMILES string of the molecule is CCCC[C@@H]1SC(=Nc2ccccc2)N(S(=O)(=O)c2ccccc2)C1=O. The van der Waals surface area contributed by atoms with E-state index in [0.29, 0.717) is 12.1 Å². The molecule has 2 aromatic carbocycles. The van der Waals surface area contributed by atoms with Gasteiger partial charge in [0.25, 0.3) is 15.9 Å². The third kappa shape index (κ3) is 3.83. The number of nitrogens with zero attached hydrogens (tertiary/aromatic N) is 2. The minimum absolute atomic E-state index is 0.0888. The summed E-state index contributed by atoms with van der Waals surface area (Å²) >= 11 is 1.23. The predicted octanol–water partition coefficient (Wildman–Crippen LogP) is 4.20. The van der Waals surface area contributed by atoms with Crippen molar-refractivity contribution in [2.24, 2.45) is 4.99 Å². The smallest absolute Gasteiger partial charge is 0.272 e. The number of aliphatic imine (C=N–C) groups is 1. The van der Waals surface area contributed by atoms with Gasteiger partial charge in [0.15, 0.2) is 5.17 Å². The molecule has 136 valence electrons. The fraction of sp³-hybridized carbons (Fsp3) is 0.263. The molecule has 0 unspecified atom stereocenters. The van der Waals surface area contributed by atoms with Gasteiger partial charge in [-0.05, 0) is 30.7 Å². The molecule has 0 aromatic heterocycles. The summed E-state index contributed by atoms with van der Waals surface area (Å²) in [7, 11) is -3.98. The molecular formula is C19H20N2O3S2. The number of carbonyl (C=O) groups is 1. The molecule has 0 N–H and O–H groups in total. The number of rotatable bonds is 6. The van der Waals surface area contributed by atoms with Gasteiger partial charge in [-0.1, -0.05) is 67.9 Å². The minimum Gasteiger partial charge on any atom is -0.272 e. The molecule has 1 saturated heterocycles. The van der Waals surface area contributed by atoms with Crippen LogP contribution in [0.5, 0.6) is 0 Å². The molecule has 7 heteroatoms. The zero-order valence-electron chi connectivity index (χ0n) is 14.4. The highest BCUT2D eigenvalue weighted by molar-refractivity contribution is 8.17. The molecule has 1 fully saturated rings. The second-order valence-corrected chi connectivity index (χ2v) is 8.86. The van der Waals surface area contributed by atoms with Crippen LogP contribution in [0.1, 0.15) is 26.2 Å². The Morgan fingerprint density at radius 1 is 1.04 bits per heavy atom. The summed E-state index contributed by atoms with van der Waals surface area (Å²) in [6.45, 7) is 2.04. The number of hydrogen-bond donors (Lipinski definition) is 0. The van der Waals surface area contributed by atoms with Crippen LogP contribution in [0.25, 0.3) is 0 Å². The number of thioether (sulfide) groups is 1. The zero-order valence-corrected chi connectivity index (χ0v) is 16.0. The molecule has 0 saturated carbocycles. The summed E-state index contributed by atoms with van der Waals surface area (Å²) in [4.78, 5) is 17.4. The van der Waals surface area contributed by atoms with Gasteiger partial charge in [0.05, 0.1) is 15.8 Å². The van der Waals surface area contributed by atoms with Crippen LogP contribution in [-0.4, -0.2) is 29.0 Å². The molecule has 0 bridgehead atoms. The maximum absolute atomic E-state index is 13.1. The van der Waals surface area contributed by atoms with Crippen molar-refractivity contribution < 1.29 is 13.2 Å². The first-order valence-electron chi connectivity index (χ1n) is 8.48. The Balaban J connectivity index is 2.03. The minimum atomic E-state index is -3.98. The van der Waals surface area contributed by atoms with Gasteiger partial charge in [-0.3, -0.25) is 4.79 Å². The maximum Gasteiger partial charge on any atom is 0.272 e. The molecule has 1 atom stereocenters. The fourth-order valence-electron chi connectivity index (χ4n) is 2.63. The summed E-state index contributed by atoms with van der Waals surface area (Å²) in [5.41, 5.74) is 0.618. The highest BCUT2D eigenvalue weighted by Crippen LogP contribution is 2.36. The molecular weight excluding hydrogens is 368 g/mol. The van der Waals surface area contributed by atoms with Gasteiger partial charge in [-0.15, -0.1) is 0 Å². The van der Waals surface area contributed by atoms with Crippen LogP contribution in [0.3, 0.4) is 0 Å². The lowest BCUT2D eigenvalue weighted by molar-refractivity contribution is -0.123. The van der Waals surface area contributed by atoms with Gasteiger partial charge in [0, 0.05) is 0 Å². The molecule has 3 rings (SSSR count). The average Bonchev–Trinajstić information content (AvgIpc) is 2.97. The van der Waals surface area contributed by atoms with Crippen molar-refractivity contribution >= 4 is 38.5 Å². The lowest BCUT2D eigenvalue weighted by Gasteiger charge is -2.16. The third-order valence-electron chi connectivity index (χ3n) is 3.98. The molecule has 0 radical (unpaired) electrons. The highest BCUT2D eigenvalue weighted by Gasteiger charge is 2.45. The van der Waals surface area contributed by atoms with E-state index in [-0.39, 0.29) is 10.1 Å². The normalized spacial score (nSPS) is 19.3. The summed E-state index contributed by atoms with van der Waals surface area (Å²) in [5, 5.41) is -0.206. The predicted molar refractivity (Wildman–Crippen MR) is 105 cm³/mol. The van der Waals surface area contributed by atoms with Gasteiger partial charge >= 0.3 is 0 Å². The number of amidine groups is 1. The average molecular weight is 389 g/mol. The Morgan fingerprint density at radius 3 is 2.27 bits per heavy atom. The van der Waals surface area contributed by atoms with Crippen molar-refractivity contribution in [3.63, 3.8) is 0 Å². The topological polar surface area (TPSA) is 66.8 Å². The van der Waals surface area contributed by atoms with E-state index in [0.717, 1.165) is 17.1 Å². The summed E-state index contributed by atoms with van der Waals surface area (Å²) in [5.74, 6) is -0.415. The van der Waals surface area contributed by atoms with Crippen molar-refractivity contribution in [2.75, 3.05) is 0 Å². The van der Waals surface area contributed by atoms with Crippen molar-refractivity contribution in [1.82, 2.24) is 4.31 Å². The second-order valence-electron chi connectivity index (χ2n) is 5.90. The van der Waals surface area contributed by atoms with E-state index in [2.05, 4.69) is 4.99 Å². The first kappa shape index (κ1) is 18.7. The van der Waals surface area contributed by atoms with Crippen LogP contribution in [0, 0.1) is 0 Å². The van der Waals surface area contributed by atoms with E-state index in [4.69, 9.17) is 0 Å². The van der Waals surface area contributed by atoms with Crippen molar-refractivity contribution in [3.05, 3.63) is 60.7 Å². The number of unbranched alkanes of at least 4 members (excludes halogenated alkanes) is 1. The van der Waals surface area contributed by atoms with Gasteiger partial charge in [-0.25, -0.2) is 13.4 Å². The lowest BCUT2D eigenvalue weighted by atomic mass is 10.2. The van der Waals surface area contributed by atoms with E-state index in [1.54, 1.807) is 30.3 Å². The summed E-state index contributed by atoms with van der Waals surface area (Å²) in [6, 6.07) is 17.1. The molecule has 2 aromatic rings. The molecule has 0 spiro atoms. The van der Waals surface area contributed by atoms with E-state index in [9.17, 15) is 13.2 Å². The van der Waals surface area contributed by atoms with Crippen molar-refractivity contribution in [2.45, 2.75) is 36.3 Å². The van der Waals surface area contributed by atoms with Crippen molar-refractivity contribution in [3.8, 4) is 0 Å². The number of para-hydroxylation sites is 1. The number of benzene rings is 2. The monoisotopic (exact) mass is 388 g/mol. The van der Waals surface area contributed by atoms with Crippen LogP contribution in [-0.2, 0) is 14.8 Å². The molecule has 1 amide bonds. The molecule has 1 aliphatic rings. The highest BCUT2D eigenvalue weighted by atomic mass is 32.2. The Hall–Kier alpha value is -2.12. The third-order valence-corrected chi connectivity index (χ3v) is 7.00.